The van der Waals surface area contributed by atoms with Gasteiger partial charge in [0.1, 0.15) is 14.1 Å². The molecule has 0 aliphatic carbocycles. The lowest BCUT2D eigenvalue weighted by atomic mass is 10.2. The number of esters is 1. The van der Waals surface area contributed by atoms with Crippen molar-refractivity contribution in [1.82, 2.24) is 5.32 Å². The average molecular weight is 295 g/mol. The third-order valence-corrected chi connectivity index (χ3v) is 3.25. The fourth-order valence-corrected chi connectivity index (χ4v) is 1.91. The Morgan fingerprint density at radius 1 is 1.21 bits per heavy atom. The maximum Gasteiger partial charge on any atom is 0.408 e. The third-order valence-electron chi connectivity index (χ3n) is 2.18. The molecule has 0 fully saturated rings. The predicted molar refractivity (Wildman–Crippen MR) is 71.0 cm³/mol. The molecule has 8 heteroatoms. The monoisotopic (exact) mass is 295 g/mol. The third kappa shape index (κ3) is 6.07. The summed E-state index contributed by atoms with van der Waals surface area (Å²) in [5.41, 5.74) is -0.717. The zero-order chi connectivity index (χ0) is 15.1. The smallest absolute Gasteiger partial charge is 0.408 e. The zero-order valence-corrected chi connectivity index (χ0v) is 13.1. The van der Waals surface area contributed by atoms with Gasteiger partial charge < -0.3 is 18.8 Å². The summed E-state index contributed by atoms with van der Waals surface area (Å²) in [4.78, 5) is 23.5. The Morgan fingerprint density at radius 2 is 1.79 bits per heavy atom. The number of alkyl carbamates (subject to hydrolysis) is 1. The second-order valence-corrected chi connectivity index (χ2v) is 6.17. The largest absolute Gasteiger partial charge is 0.467 e. The Bertz CT molecular complexity index is 341. The number of rotatable bonds is 6. The number of amides is 1. The summed E-state index contributed by atoms with van der Waals surface area (Å²) in [5.74, 6) is -0.777. The number of hydrogen-bond acceptors (Lipinski definition) is 6. The topological polar surface area (TPSA) is 90.9 Å². The summed E-state index contributed by atoms with van der Waals surface area (Å²) in [5, 5.41) is 0.741. The van der Waals surface area contributed by atoms with Crippen molar-refractivity contribution in [2.45, 2.75) is 38.1 Å². The summed E-state index contributed by atoms with van der Waals surface area (Å²) in [6.07, 6.45) is -0.772. The van der Waals surface area contributed by atoms with Crippen LogP contribution in [0.2, 0.25) is 0 Å². The van der Waals surface area contributed by atoms with Crippen LogP contribution in [-0.4, -0.2) is 43.8 Å². The molecule has 1 N–H and O–H groups in total. The summed E-state index contributed by atoms with van der Waals surface area (Å²) in [7, 11) is 0.957. The average Bonchev–Trinajstić information content (AvgIpc) is 2.31. The molecule has 1 amide bonds. The number of methoxy groups -OCH3 is 2. The molecule has 0 heterocycles. The second kappa shape index (κ2) is 7.50. The van der Waals surface area contributed by atoms with Gasteiger partial charge >= 0.3 is 12.1 Å². The summed E-state index contributed by atoms with van der Waals surface area (Å²) in [6.45, 7) is 5.21. The van der Waals surface area contributed by atoms with Crippen molar-refractivity contribution in [2.75, 3.05) is 20.8 Å². The molecular formula is C11H22NO6P. The van der Waals surface area contributed by atoms with E-state index in [1.165, 1.54) is 7.11 Å². The Hall–Kier alpha value is -1.07. The van der Waals surface area contributed by atoms with E-state index in [-0.39, 0.29) is 13.0 Å². The van der Waals surface area contributed by atoms with Crippen LogP contribution < -0.4 is 5.32 Å². The van der Waals surface area contributed by atoms with Crippen molar-refractivity contribution in [3.05, 3.63) is 0 Å². The van der Waals surface area contributed by atoms with E-state index in [0.717, 1.165) is 7.11 Å². The van der Waals surface area contributed by atoms with Gasteiger partial charge in [-0.2, -0.15) is 0 Å². The van der Waals surface area contributed by atoms with Gasteiger partial charge in [0.2, 0.25) is 0 Å². The molecule has 0 aromatic carbocycles. The van der Waals surface area contributed by atoms with Gasteiger partial charge in [-0.05, 0) is 20.8 Å². The predicted octanol–water partition coefficient (Wildman–Crippen LogP) is 1.17. The van der Waals surface area contributed by atoms with E-state index in [4.69, 9.17) is 9.47 Å². The Morgan fingerprint density at radius 3 is 2.16 bits per heavy atom. The van der Waals surface area contributed by atoms with Crippen molar-refractivity contribution in [3.8, 4) is 0 Å². The maximum atomic E-state index is 11.7. The lowest BCUT2D eigenvalue weighted by Crippen LogP contribution is -2.52. The van der Waals surface area contributed by atoms with E-state index in [2.05, 4.69) is 10.1 Å². The molecule has 2 unspecified atom stereocenters. The fraction of sp³-hybridized carbons (Fsp3) is 0.818. The first-order valence-electron chi connectivity index (χ1n) is 5.75. The first-order valence-corrected chi connectivity index (χ1v) is 6.80. The molecule has 0 aromatic rings. The molecule has 0 saturated heterocycles. The Balaban J connectivity index is 4.98. The highest BCUT2D eigenvalue weighted by Crippen LogP contribution is 2.26. The van der Waals surface area contributed by atoms with Gasteiger partial charge in [-0.1, -0.05) is 0 Å². The summed E-state index contributed by atoms with van der Waals surface area (Å²) < 4.78 is 25.9. The van der Waals surface area contributed by atoms with Gasteiger partial charge in [0.25, 0.3) is 0 Å². The van der Waals surface area contributed by atoms with Crippen LogP contribution in [0.15, 0.2) is 0 Å². The van der Waals surface area contributed by atoms with E-state index in [1.54, 1.807) is 20.8 Å². The molecule has 0 aliphatic heterocycles. The molecule has 0 bridgehead atoms. The second-order valence-electron chi connectivity index (χ2n) is 4.95. The van der Waals surface area contributed by atoms with Crippen molar-refractivity contribution in [3.63, 3.8) is 0 Å². The van der Waals surface area contributed by atoms with Crippen molar-refractivity contribution in [1.29, 1.82) is 0 Å². The number of nitrogens with one attached hydrogen (secondary N) is 1. The molecule has 0 radical (unpaired) electrons. The van der Waals surface area contributed by atoms with Gasteiger partial charge in [0.15, 0.2) is 5.28 Å². The molecule has 0 aromatic heterocycles. The van der Waals surface area contributed by atoms with E-state index in [9.17, 15) is 14.2 Å². The summed E-state index contributed by atoms with van der Waals surface area (Å²) >= 11 is 0. The van der Waals surface area contributed by atoms with Crippen LogP contribution >= 0.6 is 8.46 Å². The first kappa shape index (κ1) is 17.9. The zero-order valence-electron chi connectivity index (χ0n) is 11.9. The summed E-state index contributed by atoms with van der Waals surface area (Å²) in [6, 6.07) is 0. The van der Waals surface area contributed by atoms with Gasteiger partial charge in [-0.15, -0.1) is 0 Å². The minimum Gasteiger partial charge on any atom is -0.467 e. The highest BCUT2D eigenvalue weighted by atomic mass is 31.1. The normalized spacial score (nSPS) is 15.0. The van der Waals surface area contributed by atoms with Crippen molar-refractivity contribution >= 4 is 20.5 Å². The molecule has 112 valence electrons. The molecule has 7 nitrogen and oxygen atoms in total. The fourth-order valence-electron chi connectivity index (χ4n) is 1.28. The standard InChI is InChI=1S/C11H22NO6P/c1-10(2,3)18-9(14)12-11(19-15,6-7-16-4)8(13)17-5/h6-7,19H2,1-5H3,(H,12,14). The van der Waals surface area contributed by atoms with Gasteiger partial charge in [-0.3, -0.25) is 5.32 Å². The Labute approximate surface area is 114 Å². The highest BCUT2D eigenvalue weighted by molar-refractivity contribution is 7.27. The number of carbonyl (C=O) groups excluding carboxylic acids is 2. The van der Waals surface area contributed by atoms with E-state index >= 15 is 0 Å². The molecule has 0 rings (SSSR count). The van der Waals surface area contributed by atoms with Crippen LogP contribution in [0.4, 0.5) is 4.79 Å². The lowest BCUT2D eigenvalue weighted by molar-refractivity contribution is -0.145. The molecule has 19 heavy (non-hydrogen) atoms. The van der Waals surface area contributed by atoms with E-state index in [0.29, 0.717) is 0 Å². The quantitative estimate of drug-likeness (QED) is 0.584. The van der Waals surface area contributed by atoms with Crippen LogP contribution in [0.1, 0.15) is 27.2 Å². The van der Waals surface area contributed by atoms with Gasteiger partial charge in [0.05, 0.1) is 7.11 Å². The Kier molecular flexibility index (Phi) is 7.08. The highest BCUT2D eigenvalue weighted by Gasteiger charge is 2.41. The number of hydrogen-bond donors (Lipinski definition) is 1. The molecular weight excluding hydrogens is 273 g/mol. The molecule has 2 atom stereocenters. The van der Waals surface area contributed by atoms with Crippen molar-refractivity contribution < 1.29 is 28.4 Å². The van der Waals surface area contributed by atoms with Gasteiger partial charge in [0, 0.05) is 20.1 Å². The van der Waals surface area contributed by atoms with Crippen molar-refractivity contribution in [2.24, 2.45) is 0 Å². The maximum absolute atomic E-state index is 11.7. The molecule has 0 spiro atoms. The van der Waals surface area contributed by atoms with Gasteiger partial charge in [-0.25, -0.2) is 9.59 Å². The number of ether oxygens (including phenoxy) is 3. The number of carbonyl (C=O) groups is 2. The molecule has 0 aliphatic rings. The van der Waals surface area contributed by atoms with Crippen LogP contribution in [0.25, 0.3) is 0 Å². The van der Waals surface area contributed by atoms with E-state index < -0.39 is 31.4 Å². The van der Waals surface area contributed by atoms with Crippen LogP contribution in [0.3, 0.4) is 0 Å². The first-order chi connectivity index (χ1) is 8.70. The van der Waals surface area contributed by atoms with E-state index in [1.807, 2.05) is 0 Å². The molecule has 0 saturated carbocycles. The lowest BCUT2D eigenvalue weighted by Gasteiger charge is -2.28. The van der Waals surface area contributed by atoms with Crippen LogP contribution in [-0.2, 0) is 23.6 Å². The minimum atomic E-state index is -1.65. The van der Waals surface area contributed by atoms with Crippen LogP contribution in [0, 0.1) is 0 Å². The minimum absolute atomic E-state index is 0.0499. The SMILES string of the molecule is COCCC(NC(=O)OC(C)(C)C)([PH2]=O)C(=O)OC. The van der Waals surface area contributed by atoms with Crippen LogP contribution in [0.5, 0.6) is 0 Å².